The second kappa shape index (κ2) is 4.37. The quantitative estimate of drug-likeness (QED) is 0.774. The fourth-order valence-corrected chi connectivity index (χ4v) is 2.73. The Labute approximate surface area is 107 Å². The maximum Gasteiger partial charge on any atom is 0.331 e. The monoisotopic (exact) mass is 252 g/mol. The van der Waals surface area contributed by atoms with Crippen molar-refractivity contribution in [3.8, 4) is 0 Å². The minimum Gasteiger partial charge on any atom is -0.277 e. The number of imide groups is 2. The Morgan fingerprint density at radius 1 is 1.28 bits per heavy atom. The molecule has 0 radical (unpaired) electrons. The largest absolute Gasteiger partial charge is 0.331 e. The van der Waals surface area contributed by atoms with Crippen molar-refractivity contribution in [2.24, 2.45) is 11.3 Å². The molecular weight excluding hydrogens is 232 g/mol. The topological polar surface area (TPSA) is 66.5 Å². The molecule has 0 aromatic rings. The van der Waals surface area contributed by atoms with E-state index in [2.05, 4.69) is 5.32 Å². The van der Waals surface area contributed by atoms with Gasteiger partial charge in [-0.15, -0.1) is 0 Å². The first-order chi connectivity index (χ1) is 8.47. The third kappa shape index (κ3) is 1.72. The van der Waals surface area contributed by atoms with E-state index in [1.165, 1.54) is 4.90 Å². The highest BCUT2D eigenvalue weighted by atomic mass is 16.2. The predicted molar refractivity (Wildman–Crippen MR) is 65.6 cm³/mol. The summed E-state index contributed by atoms with van der Waals surface area (Å²) in [6.07, 6.45) is 2.96. The minimum absolute atomic E-state index is 0.108. The number of hydrogen-bond donors (Lipinski definition) is 1. The molecular formula is C13H20N2O3. The Bertz CT molecular complexity index is 397. The number of nitrogens with zero attached hydrogens (tertiary/aromatic N) is 1. The number of barbiturate groups is 1. The zero-order valence-corrected chi connectivity index (χ0v) is 11.2. The zero-order chi connectivity index (χ0) is 13.5. The summed E-state index contributed by atoms with van der Waals surface area (Å²) in [5, 5.41) is 2.34. The van der Waals surface area contributed by atoms with Gasteiger partial charge in [0.1, 0.15) is 5.41 Å². The Kier molecular flexibility index (Phi) is 3.17. The van der Waals surface area contributed by atoms with E-state index in [1.54, 1.807) is 0 Å². The standard InChI is InChI=1S/C13H20N2O3/c1-4-13(5-2)10(16)14-12(18)15(11(13)17)8(3)9-6-7-9/h8-9H,4-7H2,1-3H3,(H,14,16,18). The van der Waals surface area contributed by atoms with E-state index in [9.17, 15) is 14.4 Å². The lowest BCUT2D eigenvalue weighted by Crippen LogP contribution is -2.65. The normalized spacial score (nSPS) is 25.1. The van der Waals surface area contributed by atoms with Gasteiger partial charge in [0.05, 0.1) is 0 Å². The van der Waals surface area contributed by atoms with Crippen LogP contribution >= 0.6 is 0 Å². The van der Waals surface area contributed by atoms with Gasteiger partial charge in [-0.2, -0.15) is 0 Å². The molecule has 1 saturated carbocycles. The van der Waals surface area contributed by atoms with Crippen molar-refractivity contribution < 1.29 is 14.4 Å². The molecule has 0 bridgehead atoms. The SMILES string of the molecule is CCC1(CC)C(=O)NC(=O)N(C(C)C2CC2)C1=O. The number of carbonyl (C=O) groups excluding carboxylic acids is 3. The van der Waals surface area contributed by atoms with Gasteiger partial charge in [-0.25, -0.2) is 4.79 Å². The maximum atomic E-state index is 12.5. The first kappa shape index (κ1) is 13.1. The highest BCUT2D eigenvalue weighted by Gasteiger charge is 2.54. The lowest BCUT2D eigenvalue weighted by molar-refractivity contribution is -0.153. The molecule has 1 aliphatic carbocycles. The van der Waals surface area contributed by atoms with E-state index in [0.717, 1.165) is 12.8 Å². The molecule has 2 aliphatic rings. The van der Waals surface area contributed by atoms with Crippen molar-refractivity contribution in [2.45, 2.75) is 52.5 Å². The van der Waals surface area contributed by atoms with Gasteiger partial charge < -0.3 is 0 Å². The zero-order valence-electron chi connectivity index (χ0n) is 11.2. The molecule has 18 heavy (non-hydrogen) atoms. The van der Waals surface area contributed by atoms with Crippen LogP contribution in [0, 0.1) is 11.3 Å². The molecule has 0 spiro atoms. The van der Waals surface area contributed by atoms with Crippen LogP contribution in [0.2, 0.25) is 0 Å². The highest BCUT2D eigenvalue weighted by Crippen LogP contribution is 2.39. The van der Waals surface area contributed by atoms with Gasteiger partial charge in [0.15, 0.2) is 0 Å². The maximum absolute atomic E-state index is 12.5. The van der Waals surface area contributed by atoms with Crippen LogP contribution in [0.15, 0.2) is 0 Å². The number of urea groups is 1. The van der Waals surface area contributed by atoms with E-state index in [4.69, 9.17) is 0 Å². The Morgan fingerprint density at radius 2 is 1.83 bits per heavy atom. The van der Waals surface area contributed by atoms with Crippen molar-refractivity contribution in [2.75, 3.05) is 0 Å². The summed E-state index contributed by atoms with van der Waals surface area (Å²) in [6, 6.07) is -0.662. The fraction of sp³-hybridized carbons (Fsp3) is 0.769. The van der Waals surface area contributed by atoms with E-state index in [1.807, 2.05) is 20.8 Å². The summed E-state index contributed by atoms with van der Waals surface area (Å²) in [5.74, 6) is -0.360. The third-order valence-electron chi connectivity index (χ3n) is 4.42. The number of nitrogens with one attached hydrogen (secondary N) is 1. The molecule has 1 aliphatic heterocycles. The van der Waals surface area contributed by atoms with E-state index >= 15 is 0 Å². The Balaban J connectivity index is 2.32. The first-order valence-electron chi connectivity index (χ1n) is 6.67. The van der Waals surface area contributed by atoms with Crippen LogP contribution in [-0.2, 0) is 9.59 Å². The summed E-state index contributed by atoms with van der Waals surface area (Å²) in [6.45, 7) is 5.52. The molecule has 0 aromatic carbocycles. The lowest BCUT2D eigenvalue weighted by atomic mass is 9.78. The third-order valence-corrected chi connectivity index (χ3v) is 4.42. The molecule has 1 N–H and O–H groups in total. The van der Waals surface area contributed by atoms with E-state index in [0.29, 0.717) is 18.8 Å². The Hall–Kier alpha value is -1.39. The molecule has 0 aromatic heterocycles. The van der Waals surface area contributed by atoms with Gasteiger partial charge in [0, 0.05) is 6.04 Å². The van der Waals surface area contributed by atoms with E-state index < -0.39 is 17.4 Å². The molecule has 1 unspecified atom stereocenters. The van der Waals surface area contributed by atoms with Crippen molar-refractivity contribution in [1.29, 1.82) is 0 Å². The van der Waals surface area contributed by atoms with Crippen molar-refractivity contribution >= 4 is 17.8 Å². The van der Waals surface area contributed by atoms with Crippen molar-refractivity contribution in [1.82, 2.24) is 10.2 Å². The summed E-state index contributed by atoms with van der Waals surface area (Å²) >= 11 is 0. The van der Waals surface area contributed by atoms with Gasteiger partial charge >= 0.3 is 6.03 Å². The summed E-state index contributed by atoms with van der Waals surface area (Å²) in [5.41, 5.74) is -1.06. The number of hydrogen-bond acceptors (Lipinski definition) is 3. The van der Waals surface area contributed by atoms with Crippen molar-refractivity contribution in [3.05, 3.63) is 0 Å². The second-order valence-electron chi connectivity index (χ2n) is 5.30. The molecule has 2 fully saturated rings. The van der Waals surface area contributed by atoms with Crippen LogP contribution in [-0.4, -0.2) is 28.8 Å². The molecule has 5 heteroatoms. The van der Waals surface area contributed by atoms with Gasteiger partial charge in [0.25, 0.3) is 0 Å². The van der Waals surface area contributed by atoms with Crippen LogP contribution < -0.4 is 5.32 Å². The fourth-order valence-electron chi connectivity index (χ4n) is 2.73. The molecule has 4 amide bonds. The number of amides is 4. The number of carbonyl (C=O) groups is 3. The van der Waals surface area contributed by atoms with E-state index in [-0.39, 0.29) is 11.9 Å². The van der Waals surface area contributed by atoms with Gasteiger partial charge in [0.2, 0.25) is 11.8 Å². The van der Waals surface area contributed by atoms with Crippen LogP contribution in [0.5, 0.6) is 0 Å². The van der Waals surface area contributed by atoms with Crippen LogP contribution in [0.1, 0.15) is 46.5 Å². The second-order valence-corrected chi connectivity index (χ2v) is 5.30. The number of rotatable bonds is 4. The molecule has 1 saturated heterocycles. The molecule has 1 heterocycles. The first-order valence-corrected chi connectivity index (χ1v) is 6.67. The lowest BCUT2D eigenvalue weighted by Gasteiger charge is -2.40. The van der Waals surface area contributed by atoms with Crippen LogP contribution in [0.25, 0.3) is 0 Å². The van der Waals surface area contributed by atoms with Crippen LogP contribution in [0.3, 0.4) is 0 Å². The minimum atomic E-state index is -1.06. The average molecular weight is 252 g/mol. The van der Waals surface area contributed by atoms with Crippen LogP contribution in [0.4, 0.5) is 4.79 Å². The van der Waals surface area contributed by atoms with Gasteiger partial charge in [-0.3, -0.25) is 19.8 Å². The van der Waals surface area contributed by atoms with Gasteiger partial charge in [-0.05, 0) is 38.5 Å². The molecule has 1 atom stereocenters. The smallest absolute Gasteiger partial charge is 0.277 e. The molecule has 100 valence electrons. The van der Waals surface area contributed by atoms with Gasteiger partial charge in [-0.1, -0.05) is 13.8 Å². The predicted octanol–water partition coefficient (Wildman–Crippen LogP) is 1.67. The Morgan fingerprint density at radius 3 is 2.28 bits per heavy atom. The average Bonchev–Trinajstić information content (AvgIpc) is 3.14. The molecule has 2 rings (SSSR count). The summed E-state index contributed by atoms with van der Waals surface area (Å²) < 4.78 is 0. The highest BCUT2D eigenvalue weighted by molar-refractivity contribution is 6.19. The molecule has 5 nitrogen and oxygen atoms in total. The summed E-state index contributed by atoms with van der Waals surface area (Å²) in [7, 11) is 0. The summed E-state index contributed by atoms with van der Waals surface area (Å²) in [4.78, 5) is 37.7. The van der Waals surface area contributed by atoms with Crippen molar-refractivity contribution in [3.63, 3.8) is 0 Å².